The fourth-order valence-corrected chi connectivity index (χ4v) is 5.99. The molecule has 0 spiro atoms. The first kappa shape index (κ1) is 19.1. The Hall–Kier alpha value is -1.64. The third-order valence-corrected chi connectivity index (χ3v) is 7.85. The third kappa shape index (κ3) is 3.33. The molecule has 26 heavy (non-hydrogen) atoms. The van der Waals surface area contributed by atoms with Crippen LogP contribution in [0.1, 0.15) is 19.3 Å². The molecule has 2 aliphatic rings. The molecule has 2 saturated heterocycles. The number of carboxylic acids is 1. The molecule has 3 rings (SSSR count). The molecule has 1 amide bonds. The largest absolute Gasteiger partial charge is 0.480 e. The second-order valence-corrected chi connectivity index (χ2v) is 9.42. The van der Waals surface area contributed by atoms with E-state index in [0.717, 1.165) is 13.0 Å². The van der Waals surface area contributed by atoms with Gasteiger partial charge in [0, 0.05) is 6.54 Å². The van der Waals surface area contributed by atoms with Crippen molar-refractivity contribution >= 4 is 33.3 Å². The number of sulfone groups is 1. The Balaban J connectivity index is 1.89. The highest BCUT2D eigenvalue weighted by Gasteiger charge is 2.47. The Morgan fingerprint density at radius 1 is 1.23 bits per heavy atom. The van der Waals surface area contributed by atoms with E-state index in [-0.39, 0.29) is 28.8 Å². The van der Waals surface area contributed by atoms with E-state index in [0.29, 0.717) is 6.42 Å². The van der Waals surface area contributed by atoms with Gasteiger partial charge in [-0.25, -0.2) is 13.2 Å². The first-order valence-corrected chi connectivity index (χ1v) is 10.4. The van der Waals surface area contributed by atoms with Crippen molar-refractivity contribution in [3.63, 3.8) is 0 Å². The lowest BCUT2D eigenvalue weighted by atomic mass is 10.1. The number of amides is 1. The minimum Gasteiger partial charge on any atom is -0.480 e. The smallest absolute Gasteiger partial charge is 0.326 e. The molecule has 0 saturated carbocycles. The van der Waals surface area contributed by atoms with Crippen LogP contribution in [0.25, 0.3) is 0 Å². The summed E-state index contributed by atoms with van der Waals surface area (Å²) in [5, 5.41) is 8.63. The highest BCUT2D eigenvalue weighted by Crippen LogP contribution is 2.33. The van der Waals surface area contributed by atoms with E-state index in [1.54, 1.807) is 12.1 Å². The summed E-state index contributed by atoms with van der Waals surface area (Å²) in [6.07, 6.45) is 1.38. The fraction of sp³-hybridized carbons (Fsp3) is 0.529. The summed E-state index contributed by atoms with van der Waals surface area (Å²) < 4.78 is 25.9. The Labute approximate surface area is 157 Å². The topological polar surface area (TPSA) is 95.0 Å². The highest BCUT2D eigenvalue weighted by atomic mass is 35.5. The summed E-state index contributed by atoms with van der Waals surface area (Å²) in [5.74, 6) is -1.50. The predicted molar refractivity (Wildman–Crippen MR) is 95.8 cm³/mol. The number of halogens is 1. The molecule has 0 radical (unpaired) electrons. The van der Waals surface area contributed by atoms with Gasteiger partial charge in [0.25, 0.3) is 0 Å². The van der Waals surface area contributed by atoms with Gasteiger partial charge in [-0.1, -0.05) is 23.7 Å². The van der Waals surface area contributed by atoms with Gasteiger partial charge in [0.1, 0.15) is 6.04 Å². The zero-order valence-electron chi connectivity index (χ0n) is 14.3. The fourth-order valence-electron chi connectivity index (χ4n) is 3.77. The van der Waals surface area contributed by atoms with E-state index in [9.17, 15) is 23.1 Å². The van der Waals surface area contributed by atoms with E-state index in [1.807, 2.05) is 11.9 Å². The Kier molecular flexibility index (Phi) is 5.28. The molecule has 2 aliphatic heterocycles. The summed E-state index contributed by atoms with van der Waals surface area (Å²) in [5.41, 5.74) is 0. The van der Waals surface area contributed by atoms with Gasteiger partial charge in [0.05, 0.1) is 21.2 Å². The van der Waals surface area contributed by atoms with E-state index >= 15 is 0 Å². The van der Waals surface area contributed by atoms with Crippen molar-refractivity contribution in [1.82, 2.24) is 9.80 Å². The molecule has 0 aromatic heterocycles. The molecular weight excluding hydrogens is 380 g/mol. The Morgan fingerprint density at radius 3 is 2.50 bits per heavy atom. The zero-order valence-corrected chi connectivity index (χ0v) is 15.9. The lowest BCUT2D eigenvalue weighted by Crippen LogP contribution is -2.49. The first-order chi connectivity index (χ1) is 12.2. The maximum atomic E-state index is 13.0. The number of rotatable bonds is 4. The van der Waals surface area contributed by atoms with Gasteiger partial charge in [-0.3, -0.25) is 9.69 Å². The lowest BCUT2D eigenvalue weighted by Gasteiger charge is -2.27. The van der Waals surface area contributed by atoms with Gasteiger partial charge < -0.3 is 10.0 Å². The summed E-state index contributed by atoms with van der Waals surface area (Å²) in [7, 11) is -2.02. The molecule has 1 aromatic carbocycles. The molecule has 2 fully saturated rings. The number of nitrogens with zero attached hydrogens (tertiary/aromatic N) is 2. The minimum absolute atomic E-state index is 0.0249. The predicted octanol–water partition coefficient (Wildman–Crippen LogP) is 1.26. The summed E-state index contributed by atoms with van der Waals surface area (Å²) >= 11 is 6.03. The first-order valence-electron chi connectivity index (χ1n) is 8.45. The van der Waals surface area contributed by atoms with E-state index in [4.69, 9.17) is 11.6 Å². The number of benzene rings is 1. The summed E-state index contributed by atoms with van der Waals surface area (Å²) in [4.78, 5) is 27.6. The van der Waals surface area contributed by atoms with Crippen molar-refractivity contribution in [2.24, 2.45) is 0 Å². The molecule has 9 heteroatoms. The number of likely N-dealkylation sites (tertiary alicyclic amines) is 2. The molecule has 142 valence electrons. The lowest BCUT2D eigenvalue weighted by molar-refractivity contribution is -0.149. The number of carboxylic acid groups (broad SMARTS) is 1. The standard InChI is InChI=1S/C17H21ClN2O5S/c1-19-8-4-6-13(19)16(21)20-10-11(9-14(20)17(22)23)26(24,25)15-7-3-2-5-12(15)18/h2-3,5,7,11,13-14H,4,6,8-10H2,1H3,(H,22,23)/t11-,13+,14?/m1/s1. The van der Waals surface area contributed by atoms with Crippen LogP contribution in [-0.2, 0) is 19.4 Å². The molecule has 1 N–H and O–H groups in total. The number of hydrogen-bond donors (Lipinski definition) is 1. The third-order valence-electron chi connectivity index (χ3n) is 5.22. The average molecular weight is 401 g/mol. The van der Waals surface area contributed by atoms with E-state index in [1.165, 1.54) is 17.0 Å². The molecule has 1 aromatic rings. The van der Waals surface area contributed by atoms with Gasteiger partial charge in [-0.2, -0.15) is 0 Å². The van der Waals surface area contributed by atoms with Crippen LogP contribution in [0.15, 0.2) is 29.2 Å². The SMILES string of the molecule is CN1CCC[C@H]1C(=O)N1C[C@H](S(=O)(=O)c2ccccc2Cl)CC1C(=O)O. The van der Waals surface area contributed by atoms with Crippen LogP contribution in [-0.4, -0.2) is 72.7 Å². The second-order valence-electron chi connectivity index (χ2n) is 6.82. The maximum absolute atomic E-state index is 13.0. The van der Waals surface area contributed by atoms with Crippen LogP contribution in [0.3, 0.4) is 0 Å². The van der Waals surface area contributed by atoms with Crippen molar-refractivity contribution in [2.75, 3.05) is 20.1 Å². The summed E-state index contributed by atoms with van der Waals surface area (Å²) in [6.45, 7) is 0.636. The molecule has 0 aliphatic carbocycles. The van der Waals surface area contributed by atoms with Crippen LogP contribution < -0.4 is 0 Å². The van der Waals surface area contributed by atoms with Gasteiger partial charge in [-0.05, 0) is 45.0 Å². The van der Waals surface area contributed by atoms with Crippen LogP contribution in [0.2, 0.25) is 5.02 Å². The monoisotopic (exact) mass is 400 g/mol. The number of hydrogen-bond acceptors (Lipinski definition) is 5. The second kappa shape index (κ2) is 7.17. The van der Waals surface area contributed by atoms with Crippen LogP contribution in [0, 0.1) is 0 Å². The van der Waals surface area contributed by atoms with Gasteiger partial charge in [-0.15, -0.1) is 0 Å². The van der Waals surface area contributed by atoms with Gasteiger partial charge in [0.2, 0.25) is 5.91 Å². The zero-order chi connectivity index (χ0) is 19.1. The Bertz CT molecular complexity index is 828. The average Bonchev–Trinajstić information content (AvgIpc) is 3.21. The highest BCUT2D eigenvalue weighted by molar-refractivity contribution is 7.92. The minimum atomic E-state index is -3.84. The number of carbonyl (C=O) groups excluding carboxylic acids is 1. The number of likely N-dealkylation sites (N-methyl/N-ethyl adjacent to an activating group) is 1. The van der Waals surface area contributed by atoms with Crippen molar-refractivity contribution in [3.8, 4) is 0 Å². The van der Waals surface area contributed by atoms with Crippen LogP contribution in [0.5, 0.6) is 0 Å². The molecule has 7 nitrogen and oxygen atoms in total. The quantitative estimate of drug-likeness (QED) is 0.817. The molecule has 1 unspecified atom stereocenters. The number of carbonyl (C=O) groups is 2. The van der Waals surface area contributed by atoms with Crippen LogP contribution in [0.4, 0.5) is 0 Å². The van der Waals surface area contributed by atoms with E-state index < -0.39 is 33.1 Å². The van der Waals surface area contributed by atoms with Gasteiger partial charge in [0.15, 0.2) is 9.84 Å². The summed E-state index contributed by atoms with van der Waals surface area (Å²) in [6, 6.07) is 4.55. The van der Waals surface area contributed by atoms with E-state index in [2.05, 4.69) is 0 Å². The van der Waals surface area contributed by atoms with Crippen molar-refractivity contribution in [2.45, 2.75) is 41.5 Å². The molecule has 3 atom stereocenters. The maximum Gasteiger partial charge on any atom is 0.326 e. The molecule has 2 heterocycles. The van der Waals surface area contributed by atoms with Crippen molar-refractivity contribution in [3.05, 3.63) is 29.3 Å². The van der Waals surface area contributed by atoms with Crippen molar-refractivity contribution in [1.29, 1.82) is 0 Å². The van der Waals surface area contributed by atoms with Gasteiger partial charge >= 0.3 is 5.97 Å². The van der Waals surface area contributed by atoms with Crippen molar-refractivity contribution < 1.29 is 23.1 Å². The molecule has 0 bridgehead atoms. The Morgan fingerprint density at radius 2 is 1.92 bits per heavy atom. The normalized spacial score (nSPS) is 27.0. The molecular formula is C17H21ClN2O5S. The number of aliphatic carboxylic acids is 1. The van der Waals surface area contributed by atoms with Crippen LogP contribution >= 0.6 is 11.6 Å².